The maximum atomic E-state index is 11.3. The van der Waals surface area contributed by atoms with Crippen LogP contribution >= 0.6 is 0 Å². The van der Waals surface area contributed by atoms with E-state index in [2.05, 4.69) is 10.6 Å². The van der Waals surface area contributed by atoms with Gasteiger partial charge in [-0.2, -0.15) is 0 Å². The number of amides is 1. The monoisotopic (exact) mass is 262 g/mol. The Balaban J connectivity index is 2.71. The fraction of sp³-hybridized carbons (Fsp3) is 0.286. The molecule has 0 saturated heterocycles. The van der Waals surface area contributed by atoms with E-state index in [0.717, 1.165) is 5.69 Å². The lowest BCUT2D eigenvalue weighted by atomic mass is 10.2. The minimum absolute atomic E-state index is 0.129. The largest absolute Gasteiger partial charge is 0.463 e. The van der Waals surface area contributed by atoms with Gasteiger partial charge in [-0.3, -0.25) is 4.79 Å². The summed E-state index contributed by atoms with van der Waals surface area (Å²) >= 11 is 0. The fourth-order valence-corrected chi connectivity index (χ4v) is 1.50. The Morgan fingerprint density at radius 1 is 1.21 bits per heavy atom. The normalized spacial score (nSPS) is 10.8. The van der Waals surface area contributed by atoms with Crippen LogP contribution in [0.5, 0.6) is 0 Å². The maximum Gasteiger partial charge on any atom is 0.332 e. The Morgan fingerprint density at radius 2 is 1.84 bits per heavy atom. The molecule has 0 aliphatic carbocycles. The molecule has 0 aliphatic heterocycles. The molecule has 5 heteroatoms. The van der Waals surface area contributed by atoms with Crippen molar-refractivity contribution in [3.8, 4) is 0 Å². The molecule has 1 aromatic carbocycles. The van der Waals surface area contributed by atoms with Crippen molar-refractivity contribution in [3.05, 3.63) is 36.0 Å². The van der Waals surface area contributed by atoms with Gasteiger partial charge >= 0.3 is 5.97 Å². The van der Waals surface area contributed by atoms with Gasteiger partial charge in [0.15, 0.2) is 0 Å². The highest BCUT2D eigenvalue weighted by atomic mass is 16.5. The number of rotatable bonds is 5. The van der Waals surface area contributed by atoms with Crippen LogP contribution in [0.1, 0.15) is 20.8 Å². The van der Waals surface area contributed by atoms with Gasteiger partial charge in [0.05, 0.1) is 6.61 Å². The molecule has 1 rings (SSSR count). The Morgan fingerprint density at radius 3 is 2.42 bits per heavy atom. The molecule has 0 heterocycles. The minimum Gasteiger partial charge on any atom is -0.463 e. The zero-order chi connectivity index (χ0) is 14.3. The van der Waals surface area contributed by atoms with E-state index >= 15 is 0 Å². The van der Waals surface area contributed by atoms with Crippen molar-refractivity contribution in [2.75, 3.05) is 17.2 Å². The smallest absolute Gasteiger partial charge is 0.332 e. The Hall–Kier alpha value is -2.30. The lowest BCUT2D eigenvalue weighted by Crippen LogP contribution is -2.07. The molecule has 0 spiro atoms. The van der Waals surface area contributed by atoms with Crippen molar-refractivity contribution in [3.63, 3.8) is 0 Å². The summed E-state index contributed by atoms with van der Waals surface area (Å²) in [5.74, 6) is -0.513. The average Bonchev–Trinajstić information content (AvgIpc) is 2.28. The average molecular weight is 262 g/mol. The highest BCUT2D eigenvalue weighted by molar-refractivity contribution is 5.89. The van der Waals surface area contributed by atoms with Crippen molar-refractivity contribution < 1.29 is 14.3 Å². The molecular formula is C14H18N2O3. The van der Waals surface area contributed by atoms with Crippen LogP contribution in [-0.2, 0) is 14.3 Å². The van der Waals surface area contributed by atoms with Crippen molar-refractivity contribution in [1.29, 1.82) is 0 Å². The first-order chi connectivity index (χ1) is 9.01. The molecule has 0 radical (unpaired) electrons. The number of carbonyl (C=O) groups is 2. The Bertz CT molecular complexity index is 495. The standard InChI is InChI=1S/C14H18N2O3/c1-4-19-14(18)8-10(2)15-12-6-5-7-13(9-12)16-11(3)17/h5-9,15H,4H2,1-3H3,(H,16,17). The van der Waals surface area contributed by atoms with E-state index < -0.39 is 0 Å². The summed E-state index contributed by atoms with van der Waals surface area (Å²) in [5.41, 5.74) is 2.14. The molecule has 0 saturated carbocycles. The predicted molar refractivity (Wildman–Crippen MR) is 74.8 cm³/mol. The molecule has 5 nitrogen and oxygen atoms in total. The number of benzene rings is 1. The summed E-state index contributed by atoms with van der Waals surface area (Å²) in [6.45, 7) is 5.32. The molecule has 2 N–H and O–H groups in total. The highest BCUT2D eigenvalue weighted by Gasteiger charge is 2.00. The van der Waals surface area contributed by atoms with Gasteiger partial charge in [-0.25, -0.2) is 4.79 Å². The molecular weight excluding hydrogens is 244 g/mol. The zero-order valence-electron chi connectivity index (χ0n) is 11.3. The first kappa shape index (κ1) is 14.8. The maximum absolute atomic E-state index is 11.3. The second-order valence-electron chi connectivity index (χ2n) is 3.97. The van der Waals surface area contributed by atoms with Crippen molar-refractivity contribution in [2.45, 2.75) is 20.8 Å². The van der Waals surface area contributed by atoms with Crippen LogP contribution in [0, 0.1) is 0 Å². The number of esters is 1. The Labute approximate surface area is 112 Å². The summed E-state index contributed by atoms with van der Waals surface area (Å²) < 4.78 is 4.81. The van der Waals surface area contributed by atoms with E-state index in [4.69, 9.17) is 4.74 Å². The van der Waals surface area contributed by atoms with Gasteiger partial charge in [0.2, 0.25) is 5.91 Å². The number of ether oxygens (including phenoxy) is 1. The number of nitrogens with one attached hydrogen (secondary N) is 2. The highest BCUT2D eigenvalue weighted by Crippen LogP contribution is 2.16. The molecule has 0 bridgehead atoms. The van der Waals surface area contributed by atoms with Crippen molar-refractivity contribution in [2.24, 2.45) is 0 Å². The number of hydrogen-bond acceptors (Lipinski definition) is 4. The van der Waals surface area contributed by atoms with E-state index in [0.29, 0.717) is 18.0 Å². The molecule has 102 valence electrons. The van der Waals surface area contributed by atoms with Gasteiger partial charge < -0.3 is 15.4 Å². The van der Waals surface area contributed by atoms with Crippen LogP contribution in [0.15, 0.2) is 36.0 Å². The third-order valence-corrected chi connectivity index (χ3v) is 2.15. The number of allylic oxidation sites excluding steroid dienone is 1. The van der Waals surface area contributed by atoms with Gasteiger partial charge in [-0.05, 0) is 32.0 Å². The van der Waals surface area contributed by atoms with E-state index in [1.807, 2.05) is 12.1 Å². The lowest BCUT2D eigenvalue weighted by Gasteiger charge is -2.09. The lowest BCUT2D eigenvalue weighted by molar-refractivity contribution is -0.137. The summed E-state index contributed by atoms with van der Waals surface area (Å²) in [5, 5.41) is 5.74. The van der Waals surface area contributed by atoms with Gasteiger partial charge in [0.1, 0.15) is 0 Å². The van der Waals surface area contributed by atoms with Gasteiger partial charge in [0, 0.05) is 30.1 Å². The second-order valence-corrected chi connectivity index (χ2v) is 3.97. The van der Waals surface area contributed by atoms with Crippen LogP contribution in [0.3, 0.4) is 0 Å². The van der Waals surface area contributed by atoms with Gasteiger partial charge in [-0.15, -0.1) is 0 Å². The van der Waals surface area contributed by atoms with E-state index in [1.54, 1.807) is 26.0 Å². The predicted octanol–water partition coefficient (Wildman–Crippen LogP) is 2.52. The molecule has 1 amide bonds. The van der Waals surface area contributed by atoms with Crippen LogP contribution in [-0.4, -0.2) is 18.5 Å². The molecule has 0 atom stereocenters. The first-order valence-electron chi connectivity index (χ1n) is 6.01. The number of carbonyl (C=O) groups excluding carboxylic acids is 2. The van der Waals surface area contributed by atoms with E-state index in [9.17, 15) is 9.59 Å². The zero-order valence-corrected chi connectivity index (χ0v) is 11.3. The number of anilines is 2. The second kappa shape index (κ2) is 7.20. The van der Waals surface area contributed by atoms with Crippen molar-refractivity contribution in [1.82, 2.24) is 0 Å². The fourth-order valence-electron chi connectivity index (χ4n) is 1.50. The molecule has 0 aliphatic rings. The summed E-state index contributed by atoms with van der Waals surface area (Å²) in [6, 6.07) is 7.22. The van der Waals surface area contributed by atoms with Crippen LogP contribution < -0.4 is 10.6 Å². The molecule has 0 unspecified atom stereocenters. The molecule has 1 aromatic rings. The Kier molecular flexibility index (Phi) is 5.60. The van der Waals surface area contributed by atoms with Crippen molar-refractivity contribution >= 4 is 23.3 Å². The van der Waals surface area contributed by atoms with E-state index in [-0.39, 0.29) is 11.9 Å². The first-order valence-corrected chi connectivity index (χ1v) is 6.01. The molecule has 0 aromatic heterocycles. The molecule has 19 heavy (non-hydrogen) atoms. The molecule has 0 fully saturated rings. The minimum atomic E-state index is -0.384. The summed E-state index contributed by atoms with van der Waals surface area (Å²) in [4.78, 5) is 22.2. The van der Waals surface area contributed by atoms with Crippen LogP contribution in [0.2, 0.25) is 0 Å². The SMILES string of the molecule is CCOC(=O)C=C(C)Nc1cccc(NC(C)=O)c1. The van der Waals surface area contributed by atoms with Crippen LogP contribution in [0.4, 0.5) is 11.4 Å². The van der Waals surface area contributed by atoms with Gasteiger partial charge in [0.25, 0.3) is 0 Å². The topological polar surface area (TPSA) is 67.4 Å². The van der Waals surface area contributed by atoms with E-state index in [1.165, 1.54) is 13.0 Å². The van der Waals surface area contributed by atoms with Crippen LogP contribution in [0.25, 0.3) is 0 Å². The third-order valence-electron chi connectivity index (χ3n) is 2.15. The summed E-state index contributed by atoms with van der Waals surface area (Å²) in [7, 11) is 0. The third kappa shape index (κ3) is 5.72. The number of hydrogen-bond donors (Lipinski definition) is 2. The quantitative estimate of drug-likeness (QED) is 0.632. The van der Waals surface area contributed by atoms with Gasteiger partial charge in [-0.1, -0.05) is 6.07 Å². The summed E-state index contributed by atoms with van der Waals surface area (Å²) in [6.07, 6.45) is 1.38.